The van der Waals surface area contributed by atoms with Crippen LogP contribution in [0.2, 0.25) is 0 Å². The van der Waals surface area contributed by atoms with E-state index in [0.717, 1.165) is 11.4 Å². The van der Waals surface area contributed by atoms with Gasteiger partial charge in [-0.25, -0.2) is 4.98 Å². The third kappa shape index (κ3) is 4.47. The van der Waals surface area contributed by atoms with Crippen LogP contribution in [-0.4, -0.2) is 51.9 Å². The van der Waals surface area contributed by atoms with Gasteiger partial charge < -0.3 is 30.2 Å². The van der Waals surface area contributed by atoms with E-state index in [2.05, 4.69) is 37.3 Å². The predicted octanol–water partition coefficient (Wildman–Crippen LogP) is 1.52. The van der Waals surface area contributed by atoms with Crippen molar-refractivity contribution in [3.63, 3.8) is 0 Å². The van der Waals surface area contributed by atoms with E-state index in [-0.39, 0.29) is 11.8 Å². The molecule has 0 spiro atoms. The number of aromatic nitrogens is 4. The van der Waals surface area contributed by atoms with Gasteiger partial charge in [0, 0.05) is 25.8 Å². The number of methoxy groups -OCH3 is 1. The van der Waals surface area contributed by atoms with E-state index in [4.69, 9.17) is 19.7 Å². The van der Waals surface area contributed by atoms with Gasteiger partial charge in [-0.05, 0) is 31.2 Å². The summed E-state index contributed by atoms with van der Waals surface area (Å²) in [5.74, 6) is 6.95. The second-order valence-electron chi connectivity index (χ2n) is 7.19. The molecule has 11 nitrogen and oxygen atoms in total. The average Bonchev–Trinajstić information content (AvgIpc) is 3.36. The Morgan fingerprint density at radius 3 is 2.88 bits per heavy atom. The maximum atomic E-state index is 10.6. The van der Waals surface area contributed by atoms with Crippen LogP contribution < -0.4 is 16.0 Å². The fourth-order valence-electron chi connectivity index (χ4n) is 3.10. The largest absolute Gasteiger partial charge is 0.382 e. The number of nitrogens with two attached hydrogens (primary N) is 1. The lowest BCUT2D eigenvalue weighted by molar-refractivity contribution is 0.0361. The van der Waals surface area contributed by atoms with Crippen LogP contribution in [0, 0.1) is 18.8 Å². The molecule has 2 unspecified atom stereocenters. The van der Waals surface area contributed by atoms with Crippen molar-refractivity contribution in [2.24, 2.45) is 0 Å². The molecule has 4 rings (SSSR count). The minimum atomic E-state index is -1.57. The van der Waals surface area contributed by atoms with Crippen molar-refractivity contribution in [1.82, 2.24) is 20.1 Å². The molecule has 3 heterocycles. The van der Waals surface area contributed by atoms with Crippen LogP contribution in [0.15, 0.2) is 35.0 Å². The zero-order valence-corrected chi connectivity index (χ0v) is 17.9. The highest BCUT2D eigenvalue weighted by atomic mass is 16.5. The number of hydrogen-bond donors (Lipinski definition) is 3. The highest BCUT2D eigenvalue weighted by molar-refractivity contribution is 5.82. The minimum Gasteiger partial charge on any atom is -0.382 e. The number of rotatable bonds is 6. The SMILES string of the molecule is COCCOC1Nc2ccc(C#CC(C)(O)c3noc(C)n3)cc2N1c1ccnc(N)n1. The van der Waals surface area contributed by atoms with Crippen LogP contribution in [0.25, 0.3) is 0 Å². The lowest BCUT2D eigenvalue weighted by atomic mass is 10.1. The van der Waals surface area contributed by atoms with Crippen LogP contribution in [0.5, 0.6) is 0 Å². The van der Waals surface area contributed by atoms with Crippen molar-refractivity contribution in [3.05, 3.63) is 47.7 Å². The van der Waals surface area contributed by atoms with E-state index >= 15 is 0 Å². The quantitative estimate of drug-likeness (QED) is 0.381. The first-order valence-electron chi connectivity index (χ1n) is 9.82. The third-order valence-corrected chi connectivity index (χ3v) is 4.65. The predicted molar refractivity (Wildman–Crippen MR) is 116 cm³/mol. The molecule has 3 aromatic rings. The van der Waals surface area contributed by atoms with Crippen molar-refractivity contribution in [1.29, 1.82) is 0 Å². The summed E-state index contributed by atoms with van der Waals surface area (Å²) in [6.07, 6.45) is 1.05. The summed E-state index contributed by atoms with van der Waals surface area (Å²) >= 11 is 0. The number of fused-ring (bicyclic) bond motifs is 1. The number of aryl methyl sites for hydroxylation is 1. The van der Waals surface area contributed by atoms with E-state index in [9.17, 15) is 5.11 Å². The monoisotopic (exact) mass is 437 g/mol. The number of nitrogens with zero attached hydrogens (tertiary/aromatic N) is 5. The summed E-state index contributed by atoms with van der Waals surface area (Å²) in [7, 11) is 1.61. The highest BCUT2D eigenvalue weighted by Gasteiger charge is 2.32. The second-order valence-corrected chi connectivity index (χ2v) is 7.19. The van der Waals surface area contributed by atoms with Crippen LogP contribution in [-0.2, 0) is 15.1 Å². The smallest absolute Gasteiger partial charge is 0.223 e. The minimum absolute atomic E-state index is 0.107. The fourth-order valence-corrected chi connectivity index (χ4v) is 3.10. The molecule has 2 atom stereocenters. The van der Waals surface area contributed by atoms with Crippen molar-refractivity contribution in [2.45, 2.75) is 25.8 Å². The Balaban J connectivity index is 1.66. The summed E-state index contributed by atoms with van der Waals surface area (Å²) < 4.78 is 16.0. The summed E-state index contributed by atoms with van der Waals surface area (Å²) in [6.45, 7) is 3.97. The standard InChI is InChI=1S/C21H23N7O4/c1-13-24-18(27-32-13)21(2,29)8-6-14-4-5-15-16(12-14)28(17-7-9-23-19(22)26-17)20(25-15)31-11-10-30-3/h4-5,7,9,12,20,25,29H,10-11H2,1-3H3,(H2,22,23,26). The molecule has 0 bridgehead atoms. The molecule has 166 valence electrons. The first-order chi connectivity index (χ1) is 15.4. The van der Waals surface area contributed by atoms with E-state index in [0.29, 0.717) is 30.5 Å². The molecule has 1 aliphatic heterocycles. The van der Waals surface area contributed by atoms with E-state index in [1.54, 1.807) is 26.3 Å². The Kier molecular flexibility index (Phi) is 5.91. The van der Waals surface area contributed by atoms with Gasteiger partial charge in [0.25, 0.3) is 0 Å². The van der Waals surface area contributed by atoms with Gasteiger partial charge in [0.15, 0.2) is 5.60 Å². The Hall–Kier alpha value is -3.72. The highest BCUT2D eigenvalue weighted by Crippen LogP contribution is 2.40. The molecule has 0 fully saturated rings. The third-order valence-electron chi connectivity index (χ3n) is 4.65. The molecular weight excluding hydrogens is 414 g/mol. The molecular formula is C21H23N7O4. The van der Waals surface area contributed by atoms with Gasteiger partial charge in [0.1, 0.15) is 5.82 Å². The summed E-state index contributed by atoms with van der Waals surface area (Å²) in [5.41, 5.74) is 6.50. The number of nitrogens with one attached hydrogen (secondary N) is 1. The number of benzene rings is 1. The van der Waals surface area contributed by atoms with Crippen molar-refractivity contribution in [3.8, 4) is 11.8 Å². The van der Waals surface area contributed by atoms with Crippen molar-refractivity contribution >= 4 is 23.1 Å². The first-order valence-corrected chi connectivity index (χ1v) is 9.82. The normalized spacial score (nSPS) is 16.6. The van der Waals surface area contributed by atoms with E-state index in [1.807, 2.05) is 23.1 Å². The van der Waals surface area contributed by atoms with Gasteiger partial charge in [-0.2, -0.15) is 9.97 Å². The van der Waals surface area contributed by atoms with E-state index < -0.39 is 12.0 Å². The van der Waals surface area contributed by atoms with Gasteiger partial charge in [0.2, 0.25) is 24.0 Å². The number of anilines is 4. The molecule has 0 radical (unpaired) electrons. The lowest BCUT2D eigenvalue weighted by Crippen LogP contribution is -2.36. The Bertz CT molecular complexity index is 1170. The maximum Gasteiger partial charge on any atom is 0.223 e. The number of ether oxygens (including phenoxy) is 2. The van der Waals surface area contributed by atoms with Gasteiger partial charge >= 0.3 is 0 Å². The topological polar surface area (TPSA) is 145 Å². The first kappa shape index (κ1) is 21.5. The molecule has 0 saturated carbocycles. The van der Waals surface area contributed by atoms with Crippen LogP contribution in [0.1, 0.15) is 24.2 Å². The zero-order valence-electron chi connectivity index (χ0n) is 17.9. The zero-order chi connectivity index (χ0) is 22.7. The molecule has 2 aromatic heterocycles. The Morgan fingerprint density at radius 1 is 1.31 bits per heavy atom. The van der Waals surface area contributed by atoms with Crippen molar-refractivity contribution in [2.75, 3.05) is 36.3 Å². The van der Waals surface area contributed by atoms with Gasteiger partial charge in [0.05, 0.1) is 24.6 Å². The fraction of sp³-hybridized carbons (Fsp3) is 0.333. The lowest BCUT2D eigenvalue weighted by Gasteiger charge is -2.25. The maximum absolute atomic E-state index is 10.6. The van der Waals surface area contributed by atoms with Gasteiger partial charge in [-0.1, -0.05) is 17.0 Å². The second kappa shape index (κ2) is 8.80. The van der Waals surface area contributed by atoms with Gasteiger partial charge in [-0.15, -0.1) is 0 Å². The van der Waals surface area contributed by atoms with E-state index in [1.165, 1.54) is 6.92 Å². The summed E-state index contributed by atoms with van der Waals surface area (Å²) in [4.78, 5) is 14.2. The summed E-state index contributed by atoms with van der Waals surface area (Å²) in [6, 6.07) is 7.32. The Labute approximate surface area is 184 Å². The number of aliphatic hydroxyl groups is 1. The van der Waals surface area contributed by atoms with Crippen molar-refractivity contribution < 1.29 is 19.1 Å². The van der Waals surface area contributed by atoms with Crippen LogP contribution >= 0.6 is 0 Å². The molecule has 0 aliphatic carbocycles. The number of hydrogen-bond acceptors (Lipinski definition) is 11. The Morgan fingerprint density at radius 2 is 2.16 bits per heavy atom. The molecule has 0 amide bonds. The van der Waals surface area contributed by atoms with Crippen LogP contribution in [0.3, 0.4) is 0 Å². The molecule has 32 heavy (non-hydrogen) atoms. The number of nitrogen functional groups attached to an aromatic ring is 1. The average molecular weight is 437 g/mol. The summed E-state index contributed by atoms with van der Waals surface area (Å²) in [5, 5.41) is 17.7. The van der Waals surface area contributed by atoms with Gasteiger partial charge in [-0.3, -0.25) is 4.90 Å². The molecule has 11 heteroatoms. The molecule has 4 N–H and O–H groups in total. The van der Waals surface area contributed by atoms with Crippen LogP contribution in [0.4, 0.5) is 23.1 Å². The molecule has 1 aromatic carbocycles. The molecule has 1 aliphatic rings. The molecule has 0 saturated heterocycles.